The van der Waals surface area contributed by atoms with Gasteiger partial charge in [0, 0.05) is 25.2 Å². The second-order valence-corrected chi connectivity index (χ2v) is 3.79. The van der Waals surface area contributed by atoms with Crippen LogP contribution in [0.15, 0.2) is 12.7 Å². The van der Waals surface area contributed by atoms with E-state index >= 15 is 0 Å². The van der Waals surface area contributed by atoms with E-state index in [2.05, 4.69) is 29.4 Å². The summed E-state index contributed by atoms with van der Waals surface area (Å²) < 4.78 is 7.30. The summed E-state index contributed by atoms with van der Waals surface area (Å²) in [5, 5.41) is 11.0. The number of nitrogens with one attached hydrogen (secondary N) is 1. The average Bonchev–Trinajstić information content (AvgIpc) is 2.67. The van der Waals surface area contributed by atoms with Crippen LogP contribution in [0.25, 0.3) is 0 Å². The van der Waals surface area contributed by atoms with Crippen molar-refractivity contribution in [3.63, 3.8) is 0 Å². The van der Waals surface area contributed by atoms with Crippen LogP contribution >= 0.6 is 0 Å². The zero-order valence-corrected chi connectivity index (χ0v) is 9.68. The molecular formula is C10H20N4O. The standard InChI is InChI=1S/C10H20N4O/c1-4-15-6-10(3)13-9(2)5-14-7-11-12-8-14/h7-10,13H,4-6H2,1-3H3. The Morgan fingerprint density at radius 1 is 1.27 bits per heavy atom. The number of nitrogens with zero attached hydrogens (tertiary/aromatic N) is 3. The summed E-state index contributed by atoms with van der Waals surface area (Å²) >= 11 is 0. The van der Waals surface area contributed by atoms with Gasteiger partial charge >= 0.3 is 0 Å². The largest absolute Gasteiger partial charge is 0.380 e. The fraction of sp³-hybridized carbons (Fsp3) is 0.800. The second kappa shape index (κ2) is 6.53. The van der Waals surface area contributed by atoms with Gasteiger partial charge in [0.15, 0.2) is 0 Å². The molecule has 0 aliphatic carbocycles. The maximum absolute atomic E-state index is 5.34. The smallest absolute Gasteiger partial charge is 0.119 e. The van der Waals surface area contributed by atoms with Gasteiger partial charge in [-0.1, -0.05) is 0 Å². The van der Waals surface area contributed by atoms with Gasteiger partial charge in [0.2, 0.25) is 0 Å². The van der Waals surface area contributed by atoms with E-state index in [4.69, 9.17) is 4.74 Å². The van der Waals surface area contributed by atoms with Gasteiger partial charge in [-0.2, -0.15) is 0 Å². The molecule has 86 valence electrons. The molecule has 0 saturated heterocycles. The lowest BCUT2D eigenvalue weighted by Crippen LogP contribution is -2.39. The Kier molecular flexibility index (Phi) is 5.28. The van der Waals surface area contributed by atoms with Gasteiger partial charge in [0.1, 0.15) is 12.7 Å². The van der Waals surface area contributed by atoms with Crippen molar-refractivity contribution in [1.29, 1.82) is 0 Å². The molecule has 1 rings (SSSR count). The van der Waals surface area contributed by atoms with Crippen LogP contribution in [0.5, 0.6) is 0 Å². The molecule has 15 heavy (non-hydrogen) atoms. The first kappa shape index (κ1) is 12.1. The minimum atomic E-state index is 0.372. The third-order valence-electron chi connectivity index (χ3n) is 2.09. The molecule has 0 fully saturated rings. The Labute approximate surface area is 90.8 Å². The summed E-state index contributed by atoms with van der Waals surface area (Å²) in [7, 11) is 0. The highest BCUT2D eigenvalue weighted by molar-refractivity contribution is 4.70. The van der Waals surface area contributed by atoms with Crippen LogP contribution in [0.3, 0.4) is 0 Å². The van der Waals surface area contributed by atoms with Gasteiger partial charge in [-0.3, -0.25) is 0 Å². The summed E-state index contributed by atoms with van der Waals surface area (Å²) in [6.45, 7) is 8.67. The van der Waals surface area contributed by atoms with Gasteiger partial charge in [-0.05, 0) is 20.8 Å². The molecule has 1 N–H and O–H groups in total. The Morgan fingerprint density at radius 2 is 1.93 bits per heavy atom. The van der Waals surface area contributed by atoms with Crippen LogP contribution < -0.4 is 5.32 Å². The second-order valence-electron chi connectivity index (χ2n) is 3.79. The fourth-order valence-corrected chi connectivity index (χ4v) is 1.51. The van der Waals surface area contributed by atoms with E-state index in [1.807, 2.05) is 11.5 Å². The molecule has 0 spiro atoms. The molecule has 2 atom stereocenters. The molecule has 0 bridgehead atoms. The van der Waals surface area contributed by atoms with Crippen LogP contribution in [-0.4, -0.2) is 40.1 Å². The van der Waals surface area contributed by atoms with Crippen molar-refractivity contribution in [3.8, 4) is 0 Å². The van der Waals surface area contributed by atoms with Crippen LogP contribution in [0.1, 0.15) is 20.8 Å². The third kappa shape index (κ3) is 4.90. The Hall–Kier alpha value is -0.940. The van der Waals surface area contributed by atoms with Crippen molar-refractivity contribution < 1.29 is 4.74 Å². The first-order chi connectivity index (χ1) is 7.22. The van der Waals surface area contributed by atoms with Crippen LogP contribution in [-0.2, 0) is 11.3 Å². The molecule has 0 aliphatic rings. The highest BCUT2D eigenvalue weighted by atomic mass is 16.5. The Bertz CT molecular complexity index is 250. The first-order valence-electron chi connectivity index (χ1n) is 5.38. The van der Waals surface area contributed by atoms with Crippen molar-refractivity contribution in [2.24, 2.45) is 0 Å². The van der Waals surface area contributed by atoms with Crippen LogP contribution in [0, 0.1) is 0 Å². The minimum absolute atomic E-state index is 0.372. The Balaban J connectivity index is 2.20. The number of rotatable bonds is 7. The van der Waals surface area contributed by atoms with Crippen molar-refractivity contribution >= 4 is 0 Å². The van der Waals surface area contributed by atoms with E-state index in [1.54, 1.807) is 12.7 Å². The highest BCUT2D eigenvalue weighted by Crippen LogP contribution is 1.93. The van der Waals surface area contributed by atoms with Gasteiger partial charge in [0.25, 0.3) is 0 Å². The summed E-state index contributed by atoms with van der Waals surface area (Å²) in [6.07, 6.45) is 3.46. The predicted molar refractivity (Wildman–Crippen MR) is 58.6 cm³/mol. The molecule has 5 heteroatoms. The summed E-state index contributed by atoms with van der Waals surface area (Å²) in [5.74, 6) is 0. The van der Waals surface area contributed by atoms with E-state index in [1.165, 1.54) is 0 Å². The van der Waals surface area contributed by atoms with Crippen LogP contribution in [0.2, 0.25) is 0 Å². The quantitative estimate of drug-likeness (QED) is 0.722. The maximum Gasteiger partial charge on any atom is 0.119 e. The average molecular weight is 212 g/mol. The van der Waals surface area contributed by atoms with Crippen molar-refractivity contribution in [2.45, 2.75) is 39.4 Å². The minimum Gasteiger partial charge on any atom is -0.380 e. The highest BCUT2D eigenvalue weighted by Gasteiger charge is 2.07. The number of aromatic nitrogens is 3. The van der Waals surface area contributed by atoms with Crippen LogP contribution in [0.4, 0.5) is 0 Å². The van der Waals surface area contributed by atoms with Gasteiger partial charge in [0.05, 0.1) is 6.61 Å². The Morgan fingerprint density at radius 3 is 2.53 bits per heavy atom. The van der Waals surface area contributed by atoms with Crippen molar-refractivity contribution in [2.75, 3.05) is 13.2 Å². The number of ether oxygens (including phenoxy) is 1. The number of hydrogen-bond acceptors (Lipinski definition) is 4. The SMILES string of the molecule is CCOCC(C)NC(C)Cn1cnnc1. The molecule has 2 unspecified atom stereocenters. The maximum atomic E-state index is 5.34. The van der Waals surface area contributed by atoms with Gasteiger partial charge in [-0.25, -0.2) is 0 Å². The van der Waals surface area contributed by atoms with E-state index in [-0.39, 0.29) is 0 Å². The molecule has 5 nitrogen and oxygen atoms in total. The van der Waals surface area contributed by atoms with Crippen molar-refractivity contribution in [1.82, 2.24) is 20.1 Å². The molecule has 0 saturated carbocycles. The monoisotopic (exact) mass is 212 g/mol. The van der Waals surface area contributed by atoms with E-state index < -0.39 is 0 Å². The summed E-state index contributed by atoms with van der Waals surface area (Å²) in [4.78, 5) is 0. The normalized spacial score (nSPS) is 15.1. The molecule has 1 heterocycles. The molecular weight excluding hydrogens is 192 g/mol. The molecule has 0 amide bonds. The van der Waals surface area contributed by atoms with Gasteiger partial charge in [-0.15, -0.1) is 10.2 Å². The summed E-state index contributed by atoms with van der Waals surface area (Å²) in [6, 6.07) is 0.757. The molecule has 1 aromatic heterocycles. The first-order valence-corrected chi connectivity index (χ1v) is 5.38. The molecule has 0 radical (unpaired) electrons. The zero-order valence-electron chi connectivity index (χ0n) is 9.68. The fourth-order valence-electron chi connectivity index (χ4n) is 1.51. The topological polar surface area (TPSA) is 52.0 Å². The lowest BCUT2D eigenvalue weighted by Gasteiger charge is -2.19. The van der Waals surface area contributed by atoms with Gasteiger partial charge < -0.3 is 14.6 Å². The van der Waals surface area contributed by atoms with E-state index in [0.717, 1.165) is 19.8 Å². The van der Waals surface area contributed by atoms with E-state index in [0.29, 0.717) is 12.1 Å². The molecule has 1 aromatic rings. The molecule has 0 aromatic carbocycles. The lowest BCUT2D eigenvalue weighted by atomic mass is 10.2. The number of hydrogen-bond donors (Lipinski definition) is 1. The third-order valence-corrected chi connectivity index (χ3v) is 2.09. The van der Waals surface area contributed by atoms with E-state index in [9.17, 15) is 0 Å². The van der Waals surface area contributed by atoms with Crippen molar-refractivity contribution in [3.05, 3.63) is 12.7 Å². The predicted octanol–water partition coefficient (Wildman–Crippen LogP) is 0.681. The lowest BCUT2D eigenvalue weighted by molar-refractivity contribution is 0.123. The zero-order chi connectivity index (χ0) is 11.1. The molecule has 0 aliphatic heterocycles. The summed E-state index contributed by atoms with van der Waals surface area (Å²) in [5.41, 5.74) is 0.